The highest BCUT2D eigenvalue weighted by Crippen LogP contribution is 2.28. The molecule has 0 bridgehead atoms. The maximum absolute atomic E-state index is 12.3. The summed E-state index contributed by atoms with van der Waals surface area (Å²) in [5.74, 6) is 0.423. The normalized spacial score (nSPS) is 11.1. The van der Waals surface area contributed by atoms with Gasteiger partial charge in [-0.05, 0) is 54.4 Å². The van der Waals surface area contributed by atoms with Crippen molar-refractivity contribution in [1.82, 2.24) is 4.98 Å². The van der Waals surface area contributed by atoms with Gasteiger partial charge >= 0.3 is 0 Å². The molecule has 0 amide bonds. The van der Waals surface area contributed by atoms with Crippen molar-refractivity contribution in [2.45, 2.75) is 53.4 Å². The molecule has 0 fully saturated rings. The first-order chi connectivity index (χ1) is 11.9. The maximum Gasteiger partial charge on any atom is 0.193 e. The van der Waals surface area contributed by atoms with Gasteiger partial charge in [0, 0.05) is 23.5 Å². The number of benzene rings is 1. The van der Waals surface area contributed by atoms with Crippen LogP contribution in [0.25, 0.3) is 17.0 Å². The Morgan fingerprint density at radius 1 is 1.12 bits per heavy atom. The van der Waals surface area contributed by atoms with Crippen molar-refractivity contribution in [3.8, 4) is 11.3 Å². The van der Waals surface area contributed by atoms with Crippen LogP contribution in [0.2, 0.25) is 0 Å². The molecule has 0 unspecified atom stereocenters. The number of aliphatic hydroxyl groups is 1. The average Bonchev–Trinajstić information content (AvgIpc) is 2.58. The number of nitrogens with one attached hydrogen (secondary N) is 1. The molecule has 2 aromatic rings. The summed E-state index contributed by atoms with van der Waals surface area (Å²) < 4.78 is 0. The van der Waals surface area contributed by atoms with E-state index in [4.69, 9.17) is 0 Å². The standard InChI is InChI=1S/C22H29NO2/c1-6-16-10-18(9-8-14(3)4)19(11-17(16)7-2)21-12-22(25)20(13-23-21)15(5)24/h10-14,24H,5-9H2,1-4H3,(H,23,25). The first-order valence-electron chi connectivity index (χ1n) is 9.13. The lowest BCUT2D eigenvalue weighted by atomic mass is 9.90. The molecule has 0 aliphatic rings. The molecular formula is C22H29NO2. The van der Waals surface area contributed by atoms with Crippen LogP contribution in [0.5, 0.6) is 0 Å². The van der Waals surface area contributed by atoms with Crippen LogP contribution < -0.4 is 5.43 Å². The van der Waals surface area contributed by atoms with E-state index >= 15 is 0 Å². The largest absolute Gasteiger partial charge is 0.508 e. The molecule has 0 aliphatic carbocycles. The Hall–Kier alpha value is -2.29. The number of pyridine rings is 1. The summed E-state index contributed by atoms with van der Waals surface area (Å²) in [6.45, 7) is 12.2. The predicted molar refractivity (Wildman–Crippen MR) is 106 cm³/mol. The average molecular weight is 339 g/mol. The number of aromatic nitrogens is 1. The molecular weight excluding hydrogens is 310 g/mol. The van der Waals surface area contributed by atoms with E-state index < -0.39 is 0 Å². The van der Waals surface area contributed by atoms with Crippen LogP contribution in [0.3, 0.4) is 0 Å². The summed E-state index contributed by atoms with van der Waals surface area (Å²) in [6.07, 6.45) is 5.62. The maximum atomic E-state index is 12.3. The van der Waals surface area contributed by atoms with Crippen molar-refractivity contribution in [3.63, 3.8) is 0 Å². The van der Waals surface area contributed by atoms with Crippen LogP contribution in [-0.4, -0.2) is 10.1 Å². The van der Waals surface area contributed by atoms with Gasteiger partial charge in [-0.2, -0.15) is 0 Å². The van der Waals surface area contributed by atoms with Crippen molar-refractivity contribution < 1.29 is 5.11 Å². The molecule has 2 N–H and O–H groups in total. The molecule has 1 aromatic carbocycles. The Bertz CT molecular complexity index is 815. The van der Waals surface area contributed by atoms with Gasteiger partial charge in [0.05, 0.1) is 5.56 Å². The summed E-state index contributed by atoms with van der Waals surface area (Å²) in [5, 5.41) is 9.50. The molecule has 3 nitrogen and oxygen atoms in total. The Labute approximate surface area is 150 Å². The van der Waals surface area contributed by atoms with Crippen molar-refractivity contribution in [1.29, 1.82) is 0 Å². The van der Waals surface area contributed by atoms with Crippen molar-refractivity contribution in [2.24, 2.45) is 5.92 Å². The quantitative estimate of drug-likeness (QED) is 0.674. The van der Waals surface area contributed by atoms with Gasteiger partial charge in [0.1, 0.15) is 5.76 Å². The minimum absolute atomic E-state index is 0.205. The molecule has 134 valence electrons. The van der Waals surface area contributed by atoms with E-state index in [0.29, 0.717) is 5.92 Å². The van der Waals surface area contributed by atoms with Crippen LogP contribution in [0.1, 0.15) is 56.4 Å². The van der Waals surface area contributed by atoms with Gasteiger partial charge in [-0.3, -0.25) is 4.79 Å². The van der Waals surface area contributed by atoms with Crippen molar-refractivity contribution in [2.75, 3.05) is 0 Å². The number of hydrogen-bond acceptors (Lipinski definition) is 2. The third kappa shape index (κ3) is 4.41. The lowest BCUT2D eigenvalue weighted by Crippen LogP contribution is -2.09. The third-order valence-corrected chi connectivity index (χ3v) is 4.69. The van der Waals surface area contributed by atoms with Crippen molar-refractivity contribution >= 4 is 5.76 Å². The van der Waals surface area contributed by atoms with E-state index in [0.717, 1.165) is 36.9 Å². The van der Waals surface area contributed by atoms with Crippen molar-refractivity contribution in [3.05, 3.63) is 63.5 Å². The second-order valence-corrected chi connectivity index (χ2v) is 6.99. The summed E-state index contributed by atoms with van der Waals surface area (Å²) in [5.41, 5.74) is 5.86. The number of hydrogen-bond donors (Lipinski definition) is 2. The van der Waals surface area contributed by atoms with Gasteiger partial charge in [0.2, 0.25) is 0 Å². The second kappa shape index (κ2) is 8.19. The van der Waals surface area contributed by atoms with Crippen LogP contribution in [0.4, 0.5) is 0 Å². The Balaban J connectivity index is 2.59. The second-order valence-electron chi connectivity index (χ2n) is 6.99. The van der Waals surface area contributed by atoms with E-state index in [1.807, 2.05) is 0 Å². The molecule has 1 aromatic heterocycles. The van der Waals surface area contributed by atoms with Gasteiger partial charge in [-0.15, -0.1) is 0 Å². The first-order valence-corrected chi connectivity index (χ1v) is 9.13. The molecule has 0 radical (unpaired) electrons. The molecule has 0 spiro atoms. The summed E-state index contributed by atoms with van der Waals surface area (Å²) in [6, 6.07) is 6.08. The summed E-state index contributed by atoms with van der Waals surface area (Å²) in [7, 11) is 0. The summed E-state index contributed by atoms with van der Waals surface area (Å²) >= 11 is 0. The van der Waals surface area contributed by atoms with E-state index in [2.05, 4.69) is 51.4 Å². The Morgan fingerprint density at radius 2 is 1.76 bits per heavy atom. The molecule has 1 heterocycles. The molecule has 3 heteroatoms. The van der Waals surface area contributed by atoms with Gasteiger partial charge in [-0.1, -0.05) is 40.3 Å². The fraction of sp³-hybridized carbons (Fsp3) is 0.409. The van der Waals surface area contributed by atoms with E-state index in [1.165, 1.54) is 16.7 Å². The fourth-order valence-corrected chi connectivity index (χ4v) is 3.15. The van der Waals surface area contributed by atoms with Gasteiger partial charge in [0.15, 0.2) is 5.43 Å². The van der Waals surface area contributed by atoms with E-state index in [1.54, 1.807) is 12.3 Å². The predicted octanol–water partition coefficient (Wildman–Crippen LogP) is 5.28. The molecule has 0 aliphatic heterocycles. The SMILES string of the molecule is C=C(O)c1c[nH]c(-c2cc(CC)c(CC)cc2CCC(C)C)cc1=O. The van der Waals surface area contributed by atoms with E-state index in [-0.39, 0.29) is 16.8 Å². The minimum atomic E-state index is -0.214. The number of H-pyrrole nitrogens is 1. The van der Waals surface area contributed by atoms with Gasteiger partial charge < -0.3 is 10.1 Å². The molecule has 0 atom stereocenters. The lowest BCUT2D eigenvalue weighted by Gasteiger charge is -2.16. The highest BCUT2D eigenvalue weighted by atomic mass is 16.3. The fourth-order valence-electron chi connectivity index (χ4n) is 3.15. The zero-order valence-electron chi connectivity index (χ0n) is 15.8. The number of rotatable bonds is 7. The number of aryl methyl sites for hydroxylation is 3. The zero-order chi connectivity index (χ0) is 18.6. The minimum Gasteiger partial charge on any atom is -0.508 e. The topological polar surface area (TPSA) is 53.1 Å². The van der Waals surface area contributed by atoms with Gasteiger partial charge in [-0.25, -0.2) is 0 Å². The van der Waals surface area contributed by atoms with Crippen LogP contribution >= 0.6 is 0 Å². The molecule has 25 heavy (non-hydrogen) atoms. The zero-order valence-corrected chi connectivity index (χ0v) is 15.8. The first kappa shape index (κ1) is 19.0. The van der Waals surface area contributed by atoms with Gasteiger partial charge in [0.25, 0.3) is 0 Å². The smallest absolute Gasteiger partial charge is 0.193 e. The highest BCUT2D eigenvalue weighted by Gasteiger charge is 2.13. The lowest BCUT2D eigenvalue weighted by molar-refractivity contribution is 0.513. The summed E-state index contributed by atoms with van der Waals surface area (Å²) in [4.78, 5) is 15.4. The van der Waals surface area contributed by atoms with Crippen LogP contribution in [0, 0.1) is 5.92 Å². The van der Waals surface area contributed by atoms with Crippen LogP contribution in [-0.2, 0) is 19.3 Å². The Morgan fingerprint density at radius 3 is 2.28 bits per heavy atom. The number of aromatic amines is 1. The van der Waals surface area contributed by atoms with E-state index in [9.17, 15) is 9.90 Å². The number of aliphatic hydroxyl groups excluding tert-OH is 1. The Kier molecular flexibility index (Phi) is 6.24. The molecule has 2 rings (SSSR count). The van der Waals surface area contributed by atoms with Crippen LogP contribution in [0.15, 0.2) is 35.8 Å². The third-order valence-electron chi connectivity index (χ3n) is 4.69. The monoisotopic (exact) mass is 339 g/mol. The molecule has 0 saturated heterocycles. The highest BCUT2D eigenvalue weighted by molar-refractivity contribution is 5.67. The molecule has 0 saturated carbocycles.